The lowest BCUT2D eigenvalue weighted by Crippen LogP contribution is -2.30. The highest BCUT2D eigenvalue weighted by molar-refractivity contribution is 7.93. The van der Waals surface area contributed by atoms with E-state index >= 15 is 0 Å². The molecule has 1 N–H and O–H groups in total. The summed E-state index contributed by atoms with van der Waals surface area (Å²) in [6.07, 6.45) is 8.22. The summed E-state index contributed by atoms with van der Waals surface area (Å²) in [5.41, 5.74) is -11.1. The Morgan fingerprint density at radius 1 is 0.688 bits per heavy atom. The molecule has 2 rings (SSSR count). The van der Waals surface area contributed by atoms with E-state index in [0.29, 0.717) is 0 Å². The normalized spacial score (nSPS) is 11.6. The van der Waals surface area contributed by atoms with Gasteiger partial charge in [0.15, 0.2) is 44.9 Å². The van der Waals surface area contributed by atoms with E-state index in [4.69, 9.17) is 18.1 Å². The molecule has 8 nitrogen and oxygen atoms in total. The van der Waals surface area contributed by atoms with E-state index < -0.39 is 31.2 Å². The van der Waals surface area contributed by atoms with Gasteiger partial charge in [0, 0.05) is 24.3 Å². The Morgan fingerprint density at radius 2 is 0.906 bits per heavy atom. The Bertz CT molecular complexity index is 887. The van der Waals surface area contributed by atoms with Crippen LogP contribution in [0.25, 0.3) is 5.14 Å². The van der Waals surface area contributed by atoms with Crippen molar-refractivity contribution in [2.45, 2.75) is 38.0 Å². The van der Waals surface area contributed by atoms with Crippen molar-refractivity contribution in [3.05, 3.63) is 66.3 Å². The highest BCUT2D eigenvalue weighted by Gasteiger charge is 2.37. The van der Waals surface area contributed by atoms with Gasteiger partial charge in [0.05, 0.1) is 0 Å². The fourth-order valence-electron chi connectivity index (χ4n) is 1.29. The fraction of sp³-hybridized carbons (Fsp3) is 0.375. The molecule has 0 unspecified atom stereocenters. The monoisotopic (exact) mass is 513 g/mol. The molecule has 0 aliphatic heterocycles. The summed E-state index contributed by atoms with van der Waals surface area (Å²) < 4.78 is 114. The summed E-state index contributed by atoms with van der Waals surface area (Å²) in [6.45, 7) is 6.36. The van der Waals surface area contributed by atoms with Gasteiger partial charge >= 0.3 is 11.0 Å². The van der Waals surface area contributed by atoms with Crippen molar-refractivity contribution >= 4 is 20.1 Å². The van der Waals surface area contributed by atoms with Gasteiger partial charge in [-0.2, -0.15) is 26.3 Å². The lowest BCUT2D eigenvalue weighted by atomic mass is 10.5. The van der Waals surface area contributed by atoms with Gasteiger partial charge in [0.1, 0.15) is 13.1 Å². The lowest BCUT2D eigenvalue weighted by molar-refractivity contribution is -0.693. The molecule has 2 heterocycles. The number of aromatic nitrogens is 2. The molecule has 0 saturated heterocycles. The predicted octanol–water partition coefficient (Wildman–Crippen LogP) is 2.93. The first-order chi connectivity index (χ1) is 14.4. The van der Waals surface area contributed by atoms with Crippen LogP contribution in [0.3, 0.4) is 0 Å². The van der Waals surface area contributed by atoms with Gasteiger partial charge in [-0.1, -0.05) is 12.1 Å². The highest BCUT2D eigenvalue weighted by Crippen LogP contribution is 2.23. The molecule has 184 valence electrons. The van der Waals surface area contributed by atoms with Crippen LogP contribution in [0.5, 0.6) is 0 Å². The third kappa shape index (κ3) is 15.5. The topological polar surface area (TPSA) is 123 Å². The molecular formula is C16H21F6N3O5S2. The summed E-state index contributed by atoms with van der Waals surface area (Å²) in [5, 5.41) is 5.43. The Kier molecular flexibility index (Phi) is 13.9. The summed E-state index contributed by atoms with van der Waals surface area (Å²) in [7, 11) is -11.7. The number of alkyl halides is 6. The van der Waals surface area contributed by atoms with Crippen LogP contribution in [0.4, 0.5) is 26.3 Å². The predicted molar refractivity (Wildman–Crippen MR) is 99.7 cm³/mol. The number of rotatable bonds is 2. The van der Waals surface area contributed by atoms with Gasteiger partial charge in [-0.25, -0.2) is 26.0 Å². The second-order valence-electron chi connectivity index (χ2n) is 5.26. The summed E-state index contributed by atoms with van der Waals surface area (Å²) in [6, 6.07) is 12.2. The van der Waals surface area contributed by atoms with Crippen molar-refractivity contribution in [3.63, 3.8) is 0 Å². The minimum Gasteiger partial charge on any atom is -0.741 e. The molecule has 0 radical (unpaired) electrons. The fourth-order valence-corrected chi connectivity index (χ4v) is 1.29. The van der Waals surface area contributed by atoms with Crippen molar-refractivity contribution in [2.75, 3.05) is 0 Å². The average molecular weight is 513 g/mol. The Labute approximate surface area is 181 Å². The molecule has 16 heteroatoms. The number of sulfonamides is 1. The van der Waals surface area contributed by atoms with Crippen molar-refractivity contribution in [3.8, 4) is 0 Å². The Morgan fingerprint density at radius 3 is 1.00 bits per heavy atom. The van der Waals surface area contributed by atoms with Gasteiger partial charge in [-0.15, -0.1) is 0 Å². The molecule has 0 bridgehead atoms. The smallest absolute Gasteiger partial charge is 0.485 e. The first-order valence-electron chi connectivity index (χ1n) is 8.33. The van der Waals surface area contributed by atoms with Crippen molar-refractivity contribution in [2.24, 2.45) is 0 Å². The van der Waals surface area contributed by atoms with E-state index in [-0.39, 0.29) is 0 Å². The maximum absolute atomic E-state index is 10.8. The van der Waals surface area contributed by atoms with Crippen LogP contribution in [-0.2, 0) is 33.2 Å². The summed E-state index contributed by atoms with van der Waals surface area (Å²) in [4.78, 5) is 0. The zero-order chi connectivity index (χ0) is 25.6. The van der Waals surface area contributed by atoms with Crippen LogP contribution in [0.2, 0.25) is 0 Å². The summed E-state index contributed by atoms with van der Waals surface area (Å²) in [5.74, 6) is 0. The largest absolute Gasteiger partial charge is 0.741 e. The lowest BCUT2D eigenvalue weighted by Gasteiger charge is -2.08. The summed E-state index contributed by atoms with van der Waals surface area (Å²) >= 11 is 0. The van der Waals surface area contributed by atoms with E-state index in [0.717, 1.165) is 13.1 Å². The van der Waals surface area contributed by atoms with E-state index in [1.54, 1.807) is 0 Å². The van der Waals surface area contributed by atoms with E-state index in [9.17, 15) is 34.8 Å². The van der Waals surface area contributed by atoms with Crippen LogP contribution < -0.4 is 9.13 Å². The van der Waals surface area contributed by atoms with Crippen LogP contribution in [0.15, 0.2) is 61.2 Å². The van der Waals surface area contributed by atoms with Gasteiger partial charge in [-0.05, 0) is 13.8 Å². The SMILES string of the molecule is CC[n+]1ccccc1.CC[n+]1ccccc1.O=S(=O)([O-])C(F)(F)F.[NH-]S(=O)(=O)C(F)(F)F. The van der Waals surface area contributed by atoms with Gasteiger partial charge in [0.25, 0.3) is 0 Å². The quantitative estimate of drug-likeness (QED) is 0.264. The van der Waals surface area contributed by atoms with Crippen LogP contribution in [0.1, 0.15) is 13.8 Å². The van der Waals surface area contributed by atoms with Crippen LogP contribution in [-0.4, -0.2) is 32.4 Å². The third-order valence-electron chi connectivity index (χ3n) is 2.87. The Balaban J connectivity index is 0. The molecule has 2 aromatic rings. The zero-order valence-electron chi connectivity index (χ0n) is 16.7. The number of halogens is 6. The number of hydrogen-bond donors (Lipinski definition) is 0. The third-order valence-corrected chi connectivity index (χ3v) is 4.05. The average Bonchev–Trinajstić information content (AvgIpc) is 2.67. The molecule has 0 aliphatic carbocycles. The number of nitrogens with zero attached hydrogens (tertiary/aromatic N) is 2. The maximum Gasteiger partial charge on any atom is 0.485 e. The van der Waals surface area contributed by atoms with Gasteiger partial charge in [-0.3, -0.25) is 0 Å². The number of aryl methyl sites for hydroxylation is 2. The van der Waals surface area contributed by atoms with Crippen LogP contribution >= 0.6 is 0 Å². The molecule has 2 aromatic heterocycles. The minimum absolute atomic E-state index is 1.06. The standard InChI is InChI=1S/2C7H10N.CHF3NO2S.CHF3O3S/c2*1-2-8-6-4-3-5-7-8;2*2-1(3,4)8(5,6)7/h2*3-7H,2H2,1H3;(H-,5,6,7);(H,5,6,7)/q2*+1;-1;/p-1. The molecule has 0 fully saturated rings. The minimum atomic E-state index is -6.09. The first kappa shape index (κ1) is 31.9. The molecule has 0 aliphatic rings. The molecular weight excluding hydrogens is 492 g/mol. The number of pyridine rings is 2. The molecule has 0 saturated carbocycles. The van der Waals surface area contributed by atoms with Gasteiger partial charge < -0.3 is 9.69 Å². The molecule has 0 amide bonds. The second kappa shape index (κ2) is 14.0. The van der Waals surface area contributed by atoms with E-state index in [1.807, 2.05) is 36.4 Å². The zero-order valence-corrected chi connectivity index (χ0v) is 18.3. The molecule has 0 atom stereocenters. The van der Waals surface area contributed by atoms with Crippen LogP contribution in [0, 0.1) is 0 Å². The van der Waals surface area contributed by atoms with Crippen molar-refractivity contribution < 1.29 is 56.9 Å². The van der Waals surface area contributed by atoms with E-state index in [2.05, 4.69) is 47.8 Å². The van der Waals surface area contributed by atoms with E-state index in [1.165, 1.54) is 0 Å². The van der Waals surface area contributed by atoms with Gasteiger partial charge in [0.2, 0.25) is 0 Å². The Hall–Kier alpha value is -2.30. The molecule has 0 aromatic carbocycles. The highest BCUT2D eigenvalue weighted by atomic mass is 32.2. The molecule has 32 heavy (non-hydrogen) atoms. The number of hydrogen-bond acceptors (Lipinski definition) is 5. The second-order valence-corrected chi connectivity index (χ2v) is 8.10. The maximum atomic E-state index is 10.8. The molecule has 0 spiro atoms. The van der Waals surface area contributed by atoms with Crippen molar-refractivity contribution in [1.82, 2.24) is 0 Å². The van der Waals surface area contributed by atoms with Crippen molar-refractivity contribution in [1.29, 1.82) is 0 Å². The number of nitrogens with one attached hydrogen (secondary N) is 1. The first-order valence-corrected chi connectivity index (χ1v) is 11.2.